The third kappa shape index (κ3) is 4.85. The van der Waals surface area contributed by atoms with Gasteiger partial charge in [0, 0.05) is 13.3 Å². The summed E-state index contributed by atoms with van der Waals surface area (Å²) in [6, 6.07) is -1.43. The molecule has 0 aromatic rings. The number of aliphatic hydroxyl groups excluding tert-OH is 3. The summed E-state index contributed by atoms with van der Waals surface area (Å²) < 4.78 is 9.42. The Bertz CT molecular complexity index is 505. The van der Waals surface area contributed by atoms with E-state index in [0.29, 0.717) is 0 Å². The van der Waals surface area contributed by atoms with E-state index in [1.165, 1.54) is 0 Å². The van der Waals surface area contributed by atoms with Crippen molar-refractivity contribution in [2.75, 3.05) is 6.61 Å². The summed E-state index contributed by atoms with van der Waals surface area (Å²) in [7, 11) is 0. The largest absolute Gasteiger partial charge is 0.862 e. The molecule has 0 spiro atoms. The molecule has 0 bridgehead atoms. The molecule has 0 aromatic carbocycles. The summed E-state index contributed by atoms with van der Waals surface area (Å²) in [4.78, 5) is 25.4. The number of esters is 1. The quantitative estimate of drug-likeness (QED) is 0.181. The van der Waals surface area contributed by atoms with Gasteiger partial charge in [0.15, 0.2) is 0 Å². The Morgan fingerprint density at radius 2 is 2.00 bits per heavy atom. The molecular formula is C13H20NO10-. The number of carbonyl (C=O) groups excluding carboxylic acids is 1. The van der Waals surface area contributed by atoms with Gasteiger partial charge in [-0.2, -0.15) is 0 Å². The molecule has 24 heavy (non-hydrogen) atoms. The van der Waals surface area contributed by atoms with Crippen LogP contribution in [0.3, 0.4) is 0 Å². The highest BCUT2D eigenvalue weighted by Crippen LogP contribution is 2.32. The molecule has 11 nitrogen and oxygen atoms in total. The molecule has 0 unspecified atom stereocenters. The van der Waals surface area contributed by atoms with Gasteiger partial charge in [-0.25, -0.2) is 4.79 Å². The highest BCUT2D eigenvalue weighted by molar-refractivity contribution is 5.75. The lowest BCUT2D eigenvalue weighted by Gasteiger charge is -2.43. The Morgan fingerprint density at radius 3 is 2.46 bits per heavy atom. The first kappa shape index (κ1) is 20.3. The third-order valence-corrected chi connectivity index (χ3v) is 3.40. The smallest absolute Gasteiger partial charge is 0.364 e. The van der Waals surface area contributed by atoms with E-state index >= 15 is 0 Å². The number of hydrogen-bond donors (Lipinski definition) is 5. The van der Waals surface area contributed by atoms with Crippen LogP contribution in [0, 0.1) is 0 Å². The minimum atomic E-state index is -2.84. The summed E-state index contributed by atoms with van der Waals surface area (Å²) >= 11 is 0. The zero-order valence-electron chi connectivity index (χ0n) is 13.0. The van der Waals surface area contributed by atoms with E-state index in [1.54, 1.807) is 0 Å². The van der Waals surface area contributed by atoms with E-state index in [4.69, 9.17) is 9.84 Å². The van der Waals surface area contributed by atoms with Gasteiger partial charge in [0.2, 0.25) is 0 Å². The maximum absolute atomic E-state index is 11.2. The molecule has 0 saturated carbocycles. The highest BCUT2D eigenvalue weighted by atomic mass is 16.7. The lowest BCUT2D eigenvalue weighted by atomic mass is 9.89. The predicted octanol–water partition coefficient (Wildman–Crippen LogP) is -3.66. The molecule has 1 rings (SSSR count). The number of hydrogen-bond acceptors (Lipinski definition) is 10. The zero-order chi connectivity index (χ0) is 18.7. The molecule has 0 radical (unpaired) electrons. The number of aliphatic imine (C=N–C) groups is 1. The van der Waals surface area contributed by atoms with Gasteiger partial charge in [-0.1, -0.05) is 0 Å². The van der Waals surface area contributed by atoms with Crippen LogP contribution < -0.4 is 5.11 Å². The fourth-order valence-corrected chi connectivity index (χ4v) is 2.27. The van der Waals surface area contributed by atoms with Crippen molar-refractivity contribution in [3.63, 3.8) is 0 Å². The van der Waals surface area contributed by atoms with Crippen LogP contribution >= 0.6 is 0 Å². The van der Waals surface area contributed by atoms with E-state index in [0.717, 1.165) is 13.8 Å². The van der Waals surface area contributed by atoms with Gasteiger partial charge in [-0.3, -0.25) is 9.79 Å². The molecule has 1 aliphatic heterocycles. The number of rotatable bonds is 6. The summed E-state index contributed by atoms with van der Waals surface area (Å²) in [5.41, 5.74) is 0. The monoisotopic (exact) mass is 350 g/mol. The molecule has 1 saturated heterocycles. The molecule has 0 aromatic heterocycles. The molecule has 1 fully saturated rings. The van der Waals surface area contributed by atoms with Crippen LogP contribution in [0.15, 0.2) is 4.99 Å². The van der Waals surface area contributed by atoms with Crippen molar-refractivity contribution in [2.24, 2.45) is 4.99 Å². The fraction of sp³-hybridized carbons (Fsp3) is 0.769. The van der Waals surface area contributed by atoms with Gasteiger partial charge < -0.3 is 40.1 Å². The Hall–Kier alpha value is -1.79. The normalized spacial score (nSPS) is 33.6. The van der Waals surface area contributed by atoms with Crippen LogP contribution in [0.2, 0.25) is 0 Å². The van der Waals surface area contributed by atoms with Crippen molar-refractivity contribution in [3.05, 3.63) is 0 Å². The summed E-state index contributed by atoms with van der Waals surface area (Å²) in [6.07, 6.45) is -7.80. The van der Waals surface area contributed by atoms with E-state index in [1.807, 2.05) is 0 Å². The standard InChI is InChI=1S/C13H21NO10/c1-5(15)14-9-7(17)3-13(22,12(20)21)24-11(9)10(19)8(18)4-23-6(2)16/h7-11,17-19,22H,3-4H2,1-2H3,(H,14,15)(H,20,21)/p-1/t7-,8+,9+,10+,11+,13-/m0/s1. The SMILES string of the molecule is CC(=O)OC[C@@H](O)[C@@H](O)[C@@H]1O[C@](O)(C(=O)O)C[C@H](O)[C@H]1N=C(C)[O-]. The number of carboxylic acids is 1. The Labute approximate surface area is 136 Å². The first-order valence-electron chi connectivity index (χ1n) is 7.00. The number of carboxylic acid groups (broad SMARTS) is 1. The van der Waals surface area contributed by atoms with Crippen molar-refractivity contribution in [3.8, 4) is 0 Å². The Kier molecular flexibility index (Phi) is 6.63. The minimum absolute atomic E-state index is 0.648. The van der Waals surface area contributed by atoms with Crippen molar-refractivity contribution in [1.82, 2.24) is 0 Å². The van der Waals surface area contributed by atoms with Crippen LogP contribution in [0.4, 0.5) is 0 Å². The molecule has 0 amide bonds. The minimum Gasteiger partial charge on any atom is -0.862 e. The molecule has 5 N–H and O–H groups in total. The van der Waals surface area contributed by atoms with Gasteiger partial charge in [-0.05, 0) is 12.8 Å². The second-order valence-corrected chi connectivity index (χ2v) is 5.44. The van der Waals surface area contributed by atoms with Crippen LogP contribution in [0.5, 0.6) is 0 Å². The Morgan fingerprint density at radius 1 is 1.42 bits per heavy atom. The second-order valence-electron chi connectivity index (χ2n) is 5.44. The van der Waals surface area contributed by atoms with Crippen LogP contribution in [0.25, 0.3) is 0 Å². The number of aliphatic carboxylic acids is 1. The molecule has 138 valence electrons. The summed E-state index contributed by atoms with van der Waals surface area (Å²) in [5, 5.41) is 60.0. The molecule has 11 heteroatoms. The molecular weight excluding hydrogens is 330 g/mol. The maximum Gasteiger partial charge on any atom is 0.364 e. The van der Waals surface area contributed by atoms with Gasteiger partial charge in [-0.15, -0.1) is 0 Å². The van der Waals surface area contributed by atoms with Crippen molar-refractivity contribution in [2.45, 2.75) is 56.5 Å². The average Bonchev–Trinajstić information content (AvgIpc) is 2.46. The molecule has 1 heterocycles. The van der Waals surface area contributed by atoms with Crippen LogP contribution in [0.1, 0.15) is 20.3 Å². The van der Waals surface area contributed by atoms with E-state index < -0.39 is 67.1 Å². The van der Waals surface area contributed by atoms with Gasteiger partial charge in [0.1, 0.15) is 31.0 Å². The first-order valence-corrected chi connectivity index (χ1v) is 7.00. The number of carbonyl (C=O) groups is 2. The predicted molar refractivity (Wildman–Crippen MR) is 73.6 cm³/mol. The Balaban J connectivity index is 3.06. The van der Waals surface area contributed by atoms with Crippen LogP contribution in [-0.4, -0.2) is 86.2 Å². The maximum atomic E-state index is 11.2. The van der Waals surface area contributed by atoms with Crippen LogP contribution in [-0.2, 0) is 19.1 Å². The van der Waals surface area contributed by atoms with Gasteiger partial charge in [0.25, 0.3) is 5.79 Å². The first-order chi connectivity index (χ1) is 11.0. The fourth-order valence-electron chi connectivity index (χ4n) is 2.27. The van der Waals surface area contributed by atoms with E-state index in [-0.39, 0.29) is 0 Å². The molecule has 0 aliphatic carbocycles. The number of ether oxygens (including phenoxy) is 2. The number of nitrogens with zero attached hydrogens (tertiary/aromatic N) is 1. The summed E-state index contributed by atoms with van der Waals surface area (Å²) in [5.74, 6) is -6.14. The zero-order valence-corrected chi connectivity index (χ0v) is 13.0. The molecule has 6 atom stereocenters. The highest BCUT2D eigenvalue weighted by Gasteiger charge is 2.53. The summed E-state index contributed by atoms with van der Waals surface area (Å²) in [6.45, 7) is 1.48. The van der Waals surface area contributed by atoms with E-state index in [2.05, 4.69) is 9.73 Å². The van der Waals surface area contributed by atoms with Gasteiger partial charge >= 0.3 is 11.9 Å². The van der Waals surface area contributed by atoms with Crippen molar-refractivity contribution < 1.29 is 49.7 Å². The topological polar surface area (TPSA) is 189 Å². The average molecular weight is 350 g/mol. The number of aliphatic hydroxyl groups is 4. The lowest BCUT2D eigenvalue weighted by molar-refractivity contribution is -0.293. The lowest BCUT2D eigenvalue weighted by Crippen LogP contribution is -2.63. The second kappa shape index (κ2) is 7.85. The van der Waals surface area contributed by atoms with Gasteiger partial charge in [0.05, 0.1) is 6.10 Å². The molecule has 1 aliphatic rings. The van der Waals surface area contributed by atoms with Crippen molar-refractivity contribution >= 4 is 17.8 Å². The van der Waals surface area contributed by atoms with Crippen molar-refractivity contribution in [1.29, 1.82) is 0 Å². The van der Waals surface area contributed by atoms with E-state index in [9.17, 15) is 35.1 Å². The third-order valence-electron chi connectivity index (χ3n) is 3.40.